The Labute approximate surface area is 108 Å². The van der Waals surface area contributed by atoms with Gasteiger partial charge in [-0.1, -0.05) is 0 Å². The number of carboxylic acids is 1. The van der Waals surface area contributed by atoms with Gasteiger partial charge in [0.15, 0.2) is 0 Å². The van der Waals surface area contributed by atoms with Crippen LogP contribution in [0.25, 0.3) is 10.9 Å². The predicted molar refractivity (Wildman–Crippen MR) is 69.1 cm³/mol. The Morgan fingerprint density at radius 2 is 2.26 bits per heavy atom. The molecule has 3 N–H and O–H groups in total. The molecule has 96 valence electrons. The van der Waals surface area contributed by atoms with Gasteiger partial charge < -0.3 is 14.8 Å². The Kier molecular flexibility index (Phi) is 2.68. The first-order valence-corrected chi connectivity index (χ1v) is 5.71. The summed E-state index contributed by atoms with van der Waals surface area (Å²) in [6, 6.07) is 8.89. The third kappa shape index (κ3) is 2.28. The second-order valence-electron chi connectivity index (χ2n) is 4.10. The first kappa shape index (κ1) is 11.3. The van der Waals surface area contributed by atoms with E-state index in [1.54, 1.807) is 12.3 Å². The van der Waals surface area contributed by atoms with Crippen LogP contribution in [0.2, 0.25) is 0 Å². The summed E-state index contributed by atoms with van der Waals surface area (Å²) in [6.45, 7) is 0.427. The van der Waals surface area contributed by atoms with Crippen LogP contribution < -0.4 is 5.32 Å². The van der Waals surface area contributed by atoms with E-state index in [0.29, 0.717) is 12.3 Å². The molecule has 3 rings (SSSR count). The Hall–Kier alpha value is -2.76. The van der Waals surface area contributed by atoms with Crippen LogP contribution in [-0.4, -0.2) is 21.3 Å². The predicted octanol–water partition coefficient (Wildman–Crippen LogP) is 2.47. The lowest BCUT2D eigenvalue weighted by Gasteiger charge is -2.04. The van der Waals surface area contributed by atoms with E-state index >= 15 is 0 Å². The maximum atomic E-state index is 10.7. The fourth-order valence-corrected chi connectivity index (χ4v) is 1.83. The van der Waals surface area contributed by atoms with Crippen LogP contribution in [0.1, 0.15) is 16.3 Å². The molecule has 1 aromatic carbocycles. The normalized spacial score (nSPS) is 10.7. The minimum atomic E-state index is -1.06. The first-order chi connectivity index (χ1) is 9.22. The van der Waals surface area contributed by atoms with Crippen molar-refractivity contribution < 1.29 is 14.3 Å². The molecule has 0 aliphatic carbocycles. The molecule has 0 saturated carbocycles. The second-order valence-corrected chi connectivity index (χ2v) is 4.10. The zero-order valence-corrected chi connectivity index (χ0v) is 9.88. The molecule has 0 atom stereocenters. The summed E-state index contributed by atoms with van der Waals surface area (Å²) in [7, 11) is 0. The lowest BCUT2D eigenvalue weighted by atomic mass is 10.2. The Morgan fingerprint density at radius 1 is 1.37 bits per heavy atom. The molecule has 0 aliphatic rings. The number of nitrogens with zero attached hydrogens (tertiary/aromatic N) is 1. The Morgan fingerprint density at radius 3 is 3.05 bits per heavy atom. The highest BCUT2D eigenvalue weighted by molar-refractivity contribution is 5.84. The number of benzene rings is 1. The molecule has 0 spiro atoms. The van der Waals surface area contributed by atoms with E-state index in [1.165, 1.54) is 6.07 Å². The van der Waals surface area contributed by atoms with Gasteiger partial charge in [-0.25, -0.2) is 4.79 Å². The molecule has 0 aliphatic heterocycles. The number of anilines is 1. The summed E-state index contributed by atoms with van der Waals surface area (Å²) in [4.78, 5) is 10.7. The van der Waals surface area contributed by atoms with Crippen LogP contribution in [0, 0.1) is 0 Å². The summed E-state index contributed by atoms with van der Waals surface area (Å²) in [6.07, 6.45) is 1.75. The molecule has 0 saturated heterocycles. The van der Waals surface area contributed by atoms with Crippen molar-refractivity contribution in [2.75, 3.05) is 5.32 Å². The van der Waals surface area contributed by atoms with Gasteiger partial charge in [0.1, 0.15) is 5.76 Å². The number of nitrogens with one attached hydrogen (secondary N) is 2. The number of aromatic amines is 1. The van der Waals surface area contributed by atoms with E-state index in [4.69, 9.17) is 9.52 Å². The van der Waals surface area contributed by atoms with Crippen LogP contribution in [0.4, 0.5) is 5.69 Å². The summed E-state index contributed by atoms with van der Waals surface area (Å²) >= 11 is 0. The third-order valence-electron chi connectivity index (χ3n) is 2.78. The number of hydrogen-bond donors (Lipinski definition) is 3. The zero-order valence-electron chi connectivity index (χ0n) is 9.88. The van der Waals surface area contributed by atoms with Gasteiger partial charge in [-0.15, -0.1) is 0 Å². The van der Waals surface area contributed by atoms with Crippen molar-refractivity contribution in [3.8, 4) is 0 Å². The molecule has 0 bridgehead atoms. The molecule has 2 heterocycles. The monoisotopic (exact) mass is 257 g/mol. The highest BCUT2D eigenvalue weighted by Crippen LogP contribution is 2.18. The maximum absolute atomic E-state index is 10.7. The van der Waals surface area contributed by atoms with Crippen molar-refractivity contribution in [3.05, 3.63) is 48.0 Å². The minimum absolute atomic E-state index is 0.0536. The van der Waals surface area contributed by atoms with Crippen LogP contribution in [0.5, 0.6) is 0 Å². The lowest BCUT2D eigenvalue weighted by molar-refractivity contribution is 0.0660. The van der Waals surface area contributed by atoms with E-state index < -0.39 is 5.97 Å². The molecule has 0 fully saturated rings. The van der Waals surface area contributed by atoms with Gasteiger partial charge in [-0.3, -0.25) is 5.10 Å². The molecule has 19 heavy (non-hydrogen) atoms. The van der Waals surface area contributed by atoms with Gasteiger partial charge in [-0.05, 0) is 30.3 Å². The highest BCUT2D eigenvalue weighted by atomic mass is 16.4. The molecule has 0 radical (unpaired) electrons. The highest BCUT2D eigenvalue weighted by Gasteiger charge is 2.08. The molecular weight excluding hydrogens is 246 g/mol. The molecule has 6 nitrogen and oxygen atoms in total. The standard InChI is InChI=1S/C13H11N3O3/c17-13(18)12-4-2-10(19-12)7-14-9-1-3-11-8(5-9)6-15-16-11/h1-6,14H,7H2,(H,15,16)(H,17,18). The van der Waals surface area contributed by atoms with E-state index in [9.17, 15) is 4.79 Å². The smallest absolute Gasteiger partial charge is 0.371 e. The largest absolute Gasteiger partial charge is 0.475 e. The van der Waals surface area contributed by atoms with Crippen molar-refractivity contribution >= 4 is 22.6 Å². The second kappa shape index (κ2) is 4.49. The first-order valence-electron chi connectivity index (χ1n) is 5.71. The lowest BCUT2D eigenvalue weighted by Crippen LogP contribution is -1.98. The molecular formula is C13H11N3O3. The third-order valence-corrected chi connectivity index (χ3v) is 2.78. The summed E-state index contributed by atoms with van der Waals surface area (Å²) in [5, 5.41) is 19.8. The van der Waals surface area contributed by atoms with Gasteiger partial charge in [-0.2, -0.15) is 5.10 Å². The quantitative estimate of drug-likeness (QED) is 0.667. The summed E-state index contributed by atoms with van der Waals surface area (Å²) < 4.78 is 5.16. The Bertz CT molecular complexity index is 729. The van der Waals surface area contributed by atoms with Gasteiger partial charge >= 0.3 is 5.97 Å². The SMILES string of the molecule is O=C(O)c1ccc(CNc2ccc3[nH]ncc3c2)o1. The Balaban J connectivity index is 1.72. The van der Waals surface area contributed by atoms with Crippen molar-refractivity contribution in [1.82, 2.24) is 10.2 Å². The molecule has 0 unspecified atom stereocenters. The van der Waals surface area contributed by atoms with Gasteiger partial charge in [0.05, 0.1) is 18.3 Å². The number of H-pyrrole nitrogens is 1. The molecule has 2 aromatic heterocycles. The number of fused-ring (bicyclic) bond motifs is 1. The number of furan rings is 1. The van der Waals surface area contributed by atoms with Gasteiger partial charge in [0.2, 0.25) is 5.76 Å². The van der Waals surface area contributed by atoms with Crippen LogP contribution in [-0.2, 0) is 6.54 Å². The van der Waals surface area contributed by atoms with Crippen LogP contribution in [0.15, 0.2) is 40.9 Å². The van der Waals surface area contributed by atoms with Crippen LogP contribution in [0.3, 0.4) is 0 Å². The zero-order chi connectivity index (χ0) is 13.2. The van der Waals surface area contributed by atoms with Gasteiger partial charge in [0.25, 0.3) is 0 Å². The molecule has 3 aromatic rings. The van der Waals surface area contributed by atoms with Gasteiger partial charge in [0, 0.05) is 11.1 Å². The number of aromatic carboxylic acids is 1. The van der Waals surface area contributed by atoms with Crippen molar-refractivity contribution in [3.63, 3.8) is 0 Å². The summed E-state index contributed by atoms with van der Waals surface area (Å²) in [5.74, 6) is -0.544. The number of aromatic nitrogens is 2. The molecule has 6 heteroatoms. The average molecular weight is 257 g/mol. The summed E-state index contributed by atoms with van der Waals surface area (Å²) in [5.41, 5.74) is 1.89. The fraction of sp³-hybridized carbons (Fsp3) is 0.0769. The number of carbonyl (C=O) groups is 1. The van der Waals surface area contributed by atoms with Crippen molar-refractivity contribution in [2.45, 2.75) is 6.54 Å². The average Bonchev–Trinajstić information content (AvgIpc) is 3.04. The number of hydrogen-bond acceptors (Lipinski definition) is 4. The van der Waals surface area contributed by atoms with Crippen molar-refractivity contribution in [2.24, 2.45) is 0 Å². The fourth-order valence-electron chi connectivity index (χ4n) is 1.83. The van der Waals surface area contributed by atoms with E-state index in [-0.39, 0.29) is 5.76 Å². The topological polar surface area (TPSA) is 91.2 Å². The van der Waals surface area contributed by atoms with E-state index in [2.05, 4.69) is 15.5 Å². The number of rotatable bonds is 4. The van der Waals surface area contributed by atoms with Crippen molar-refractivity contribution in [1.29, 1.82) is 0 Å². The molecule has 0 amide bonds. The minimum Gasteiger partial charge on any atom is -0.475 e. The van der Waals surface area contributed by atoms with Crippen LogP contribution >= 0.6 is 0 Å². The number of carboxylic acid groups (broad SMARTS) is 1. The van der Waals surface area contributed by atoms with E-state index in [0.717, 1.165) is 16.6 Å². The van der Waals surface area contributed by atoms with E-state index in [1.807, 2.05) is 18.2 Å². The maximum Gasteiger partial charge on any atom is 0.371 e.